The van der Waals surface area contributed by atoms with E-state index in [1.165, 1.54) is 0 Å². The summed E-state index contributed by atoms with van der Waals surface area (Å²) in [5, 5.41) is 2.67. The van der Waals surface area contributed by atoms with E-state index in [0.717, 1.165) is 27.2 Å². The van der Waals surface area contributed by atoms with Gasteiger partial charge in [0, 0.05) is 5.92 Å². The molecule has 0 aromatic heterocycles. The number of amides is 2. The number of alkyl carbamates (subject to hydrolysis) is 1. The fourth-order valence-electron chi connectivity index (χ4n) is 5.10. The molecule has 0 saturated carbocycles. The summed E-state index contributed by atoms with van der Waals surface area (Å²) in [5.74, 6) is -1.99. The van der Waals surface area contributed by atoms with Crippen molar-refractivity contribution >= 4 is 23.9 Å². The lowest BCUT2D eigenvalue weighted by Gasteiger charge is -2.21. The Morgan fingerprint density at radius 3 is 1.79 bits per heavy atom. The van der Waals surface area contributed by atoms with Gasteiger partial charge in [0.25, 0.3) is 0 Å². The van der Waals surface area contributed by atoms with E-state index in [1.54, 1.807) is 13.8 Å². The molecule has 0 bridgehead atoms. The molecule has 3 atom stereocenters. The molecule has 202 valence electrons. The number of nitrogens with one attached hydrogen (secondary N) is 1. The lowest BCUT2D eigenvalue weighted by atomic mass is 9.98. The van der Waals surface area contributed by atoms with E-state index in [-0.39, 0.29) is 31.7 Å². The molecule has 2 aromatic carbocycles. The highest BCUT2D eigenvalue weighted by molar-refractivity contribution is 6.02. The normalized spacial score (nSPS) is 18.3. The van der Waals surface area contributed by atoms with Crippen LogP contribution in [-0.2, 0) is 28.6 Å². The minimum atomic E-state index is -1.07. The van der Waals surface area contributed by atoms with Crippen molar-refractivity contribution < 1.29 is 33.4 Å². The number of hydrogen-bond donors (Lipinski definition) is 1. The predicted molar refractivity (Wildman–Crippen MR) is 139 cm³/mol. The van der Waals surface area contributed by atoms with Gasteiger partial charge in [-0.2, -0.15) is 0 Å². The van der Waals surface area contributed by atoms with Crippen LogP contribution in [0, 0.1) is 5.92 Å². The fourth-order valence-corrected chi connectivity index (χ4v) is 5.10. The Bertz CT molecular complexity index is 1140. The van der Waals surface area contributed by atoms with Crippen LogP contribution in [0.15, 0.2) is 48.5 Å². The third kappa shape index (κ3) is 5.51. The van der Waals surface area contributed by atoms with E-state index < -0.39 is 42.1 Å². The zero-order chi connectivity index (χ0) is 27.4. The van der Waals surface area contributed by atoms with Crippen LogP contribution in [-0.4, -0.2) is 66.8 Å². The Kier molecular flexibility index (Phi) is 8.34. The van der Waals surface area contributed by atoms with Crippen molar-refractivity contribution in [1.82, 2.24) is 10.2 Å². The van der Waals surface area contributed by atoms with Crippen LogP contribution in [0.5, 0.6) is 0 Å². The van der Waals surface area contributed by atoms with E-state index in [9.17, 15) is 19.2 Å². The number of esters is 2. The van der Waals surface area contributed by atoms with E-state index in [1.807, 2.05) is 50.2 Å². The summed E-state index contributed by atoms with van der Waals surface area (Å²) in [5.41, 5.74) is 4.38. The molecule has 2 aromatic rings. The molecule has 9 nitrogen and oxygen atoms in total. The minimum absolute atomic E-state index is 0.0415. The summed E-state index contributed by atoms with van der Waals surface area (Å²) < 4.78 is 15.7. The quantitative estimate of drug-likeness (QED) is 0.288. The number of carbonyl (C=O) groups excluding carboxylic acids is 4. The number of carbonyl (C=O) groups is 4. The Labute approximate surface area is 222 Å². The van der Waals surface area contributed by atoms with Crippen molar-refractivity contribution in [3.05, 3.63) is 59.7 Å². The number of hydrogen-bond acceptors (Lipinski definition) is 7. The van der Waals surface area contributed by atoms with Gasteiger partial charge in [0.1, 0.15) is 12.6 Å². The molecule has 0 spiro atoms. The third-order valence-corrected chi connectivity index (χ3v) is 6.76. The minimum Gasteiger partial charge on any atom is -0.464 e. The van der Waals surface area contributed by atoms with Gasteiger partial charge in [-0.1, -0.05) is 62.4 Å². The molecule has 2 aliphatic rings. The van der Waals surface area contributed by atoms with Gasteiger partial charge < -0.3 is 24.4 Å². The number of benzene rings is 2. The van der Waals surface area contributed by atoms with E-state index in [2.05, 4.69) is 17.4 Å². The first-order chi connectivity index (χ1) is 18.3. The largest absolute Gasteiger partial charge is 0.464 e. The van der Waals surface area contributed by atoms with Crippen molar-refractivity contribution in [1.29, 1.82) is 0 Å². The maximum absolute atomic E-state index is 13.4. The molecular weight excluding hydrogens is 488 g/mol. The highest BCUT2D eigenvalue weighted by atomic mass is 16.6. The van der Waals surface area contributed by atoms with E-state index >= 15 is 0 Å². The average Bonchev–Trinajstić information content (AvgIpc) is 3.57. The van der Waals surface area contributed by atoms with E-state index in [4.69, 9.17) is 14.2 Å². The first-order valence-electron chi connectivity index (χ1n) is 13.0. The SMILES string of the molecule is CCOC(=O)[C@@H]1[C@@H](C(=O)OCC)N1C(=O)[C@H](CC(C)C)NC(=O)OCC1c2ccccc2-c2ccccc21. The molecule has 2 amide bonds. The Morgan fingerprint density at radius 2 is 1.32 bits per heavy atom. The first-order valence-corrected chi connectivity index (χ1v) is 13.0. The second-order valence-corrected chi connectivity index (χ2v) is 9.79. The van der Waals surface area contributed by atoms with Gasteiger partial charge in [-0.15, -0.1) is 0 Å². The zero-order valence-corrected chi connectivity index (χ0v) is 22.1. The molecule has 1 saturated heterocycles. The van der Waals surface area contributed by atoms with Gasteiger partial charge in [0.15, 0.2) is 12.1 Å². The molecule has 1 aliphatic heterocycles. The highest BCUT2D eigenvalue weighted by Gasteiger charge is 2.62. The maximum atomic E-state index is 13.4. The van der Waals surface area contributed by atoms with Crippen molar-refractivity contribution in [3.63, 3.8) is 0 Å². The molecule has 1 heterocycles. The molecule has 1 aliphatic carbocycles. The van der Waals surface area contributed by atoms with Crippen LogP contribution in [0.1, 0.15) is 51.2 Å². The standard InChI is InChI=1S/C29H34N2O7/c1-5-36-27(33)24-25(28(34)37-6-2)31(24)26(32)23(15-17(3)4)30-29(35)38-16-22-20-13-9-7-11-18(20)19-12-8-10-14-21(19)22/h7-14,17,22-25H,5-6,15-16H2,1-4H3,(H,30,35)/t23-,24-,25-/m0/s1. The average molecular weight is 523 g/mol. The van der Waals surface area contributed by atoms with Crippen molar-refractivity contribution in [2.75, 3.05) is 19.8 Å². The molecule has 9 heteroatoms. The van der Waals surface area contributed by atoms with Gasteiger partial charge in [-0.3, -0.25) is 4.79 Å². The summed E-state index contributed by atoms with van der Waals surface area (Å²) in [6.07, 6.45) is -0.446. The van der Waals surface area contributed by atoms with Crippen molar-refractivity contribution in [3.8, 4) is 11.1 Å². The molecule has 0 radical (unpaired) electrons. The summed E-state index contributed by atoms with van der Waals surface area (Å²) >= 11 is 0. The topological polar surface area (TPSA) is 111 Å². The van der Waals surface area contributed by atoms with Gasteiger partial charge in [0.2, 0.25) is 5.91 Å². The maximum Gasteiger partial charge on any atom is 0.407 e. The van der Waals surface area contributed by atoms with Crippen molar-refractivity contribution in [2.45, 2.75) is 58.2 Å². The Hall–Kier alpha value is -3.88. The summed E-state index contributed by atoms with van der Waals surface area (Å²) in [6.45, 7) is 7.43. The number of ether oxygens (including phenoxy) is 3. The smallest absolute Gasteiger partial charge is 0.407 e. The monoisotopic (exact) mass is 522 g/mol. The number of fused-ring (bicyclic) bond motifs is 3. The Morgan fingerprint density at radius 1 is 0.816 bits per heavy atom. The van der Waals surface area contributed by atoms with Crippen LogP contribution in [0.25, 0.3) is 11.1 Å². The van der Waals surface area contributed by atoms with Crippen molar-refractivity contribution in [2.24, 2.45) is 5.92 Å². The lowest BCUT2D eigenvalue weighted by Crippen LogP contribution is -2.46. The molecular formula is C29H34N2O7. The lowest BCUT2D eigenvalue weighted by molar-refractivity contribution is -0.147. The van der Waals surface area contributed by atoms with Crippen LogP contribution >= 0.6 is 0 Å². The zero-order valence-electron chi connectivity index (χ0n) is 22.1. The first kappa shape index (κ1) is 27.2. The van der Waals surface area contributed by atoms with Gasteiger partial charge in [-0.25, -0.2) is 14.4 Å². The predicted octanol–water partition coefficient (Wildman–Crippen LogP) is 3.65. The summed E-state index contributed by atoms with van der Waals surface area (Å²) in [4.78, 5) is 52.3. The Balaban J connectivity index is 1.45. The molecule has 0 unspecified atom stereocenters. The van der Waals surface area contributed by atoms with Crippen LogP contribution < -0.4 is 5.32 Å². The van der Waals surface area contributed by atoms with Crippen LogP contribution in [0.2, 0.25) is 0 Å². The highest BCUT2D eigenvalue weighted by Crippen LogP contribution is 2.44. The third-order valence-electron chi connectivity index (χ3n) is 6.76. The molecule has 38 heavy (non-hydrogen) atoms. The number of rotatable bonds is 10. The summed E-state index contributed by atoms with van der Waals surface area (Å²) in [6, 6.07) is 12.9. The second-order valence-electron chi connectivity index (χ2n) is 9.79. The van der Waals surface area contributed by atoms with Gasteiger partial charge >= 0.3 is 18.0 Å². The molecule has 4 rings (SSSR count). The summed E-state index contributed by atoms with van der Waals surface area (Å²) in [7, 11) is 0. The van der Waals surface area contributed by atoms with Crippen LogP contribution in [0.4, 0.5) is 4.79 Å². The van der Waals surface area contributed by atoms with Crippen LogP contribution in [0.3, 0.4) is 0 Å². The number of nitrogens with zero attached hydrogens (tertiary/aromatic N) is 1. The molecule has 1 N–H and O–H groups in total. The van der Waals surface area contributed by atoms with E-state index in [0.29, 0.717) is 6.42 Å². The molecule has 1 fully saturated rings. The van der Waals surface area contributed by atoms with Gasteiger partial charge in [-0.05, 0) is 48.4 Å². The second kappa shape index (κ2) is 11.7. The fraction of sp³-hybridized carbons (Fsp3) is 0.448. The van der Waals surface area contributed by atoms with Gasteiger partial charge in [0.05, 0.1) is 13.2 Å².